The molecule has 0 spiro atoms. The van der Waals surface area contributed by atoms with Gasteiger partial charge in [-0.15, -0.1) is 22.7 Å². The third-order valence-electron chi connectivity index (χ3n) is 2.74. The quantitative estimate of drug-likeness (QED) is 0.548. The molecule has 0 bridgehead atoms. The lowest BCUT2D eigenvalue weighted by atomic mass is 10.1. The van der Waals surface area contributed by atoms with Crippen LogP contribution in [-0.2, 0) is 0 Å². The summed E-state index contributed by atoms with van der Waals surface area (Å²) in [4.78, 5) is 2.79. The lowest BCUT2D eigenvalue weighted by Crippen LogP contribution is -1.77. The second-order valence-corrected chi connectivity index (χ2v) is 6.38. The molecule has 2 heteroatoms. The number of hydrogen-bond donors (Lipinski definition) is 0. The van der Waals surface area contributed by atoms with Gasteiger partial charge in [0.05, 0.1) is 0 Å². The number of thiophene rings is 2. The van der Waals surface area contributed by atoms with Crippen LogP contribution in [0.4, 0.5) is 0 Å². The van der Waals surface area contributed by atoms with Crippen molar-refractivity contribution < 1.29 is 0 Å². The number of rotatable bonds is 1. The number of hydrogen-bond acceptors (Lipinski definition) is 2. The maximum Gasteiger partial charge on any atom is 0.0459 e. The molecule has 0 amide bonds. The SMILES string of the molecule is Cc1cc2sc(-c3ccccc3C)cc2s1. The van der Waals surface area contributed by atoms with E-state index in [0.29, 0.717) is 0 Å². The first kappa shape index (κ1) is 10.1. The molecule has 0 radical (unpaired) electrons. The second kappa shape index (κ2) is 3.72. The molecule has 16 heavy (non-hydrogen) atoms. The molecule has 80 valence electrons. The molecule has 3 rings (SSSR count). The van der Waals surface area contributed by atoms with E-state index in [-0.39, 0.29) is 0 Å². The summed E-state index contributed by atoms with van der Waals surface area (Å²) in [6.45, 7) is 4.35. The minimum atomic E-state index is 1.35. The van der Waals surface area contributed by atoms with Gasteiger partial charge in [-0.2, -0.15) is 0 Å². The third kappa shape index (κ3) is 1.58. The van der Waals surface area contributed by atoms with Crippen molar-refractivity contribution in [2.45, 2.75) is 13.8 Å². The van der Waals surface area contributed by atoms with E-state index in [9.17, 15) is 0 Å². The normalized spacial score (nSPS) is 11.1. The van der Waals surface area contributed by atoms with Crippen LogP contribution in [0.15, 0.2) is 36.4 Å². The number of aryl methyl sites for hydroxylation is 2. The van der Waals surface area contributed by atoms with Crippen LogP contribution >= 0.6 is 22.7 Å². The Hall–Kier alpha value is -1.12. The Labute approximate surface area is 103 Å². The minimum absolute atomic E-state index is 1.35. The molecular formula is C14H12S2. The van der Waals surface area contributed by atoms with Crippen molar-refractivity contribution in [3.8, 4) is 10.4 Å². The first-order valence-corrected chi connectivity index (χ1v) is 6.93. The molecule has 2 aromatic heterocycles. The summed E-state index contributed by atoms with van der Waals surface area (Å²) in [7, 11) is 0. The summed E-state index contributed by atoms with van der Waals surface area (Å²) in [6, 6.07) is 13.2. The molecule has 0 fully saturated rings. The largest absolute Gasteiger partial charge is 0.140 e. The Bertz CT molecular complexity index is 612. The zero-order valence-electron chi connectivity index (χ0n) is 9.28. The predicted molar refractivity (Wildman–Crippen MR) is 74.6 cm³/mol. The highest BCUT2D eigenvalue weighted by molar-refractivity contribution is 7.29. The number of fused-ring (bicyclic) bond motifs is 1. The Morgan fingerprint density at radius 3 is 2.38 bits per heavy atom. The Morgan fingerprint density at radius 2 is 1.62 bits per heavy atom. The van der Waals surface area contributed by atoms with Crippen LogP contribution in [0.1, 0.15) is 10.4 Å². The zero-order valence-corrected chi connectivity index (χ0v) is 10.9. The summed E-state index contributed by atoms with van der Waals surface area (Å²) in [5.41, 5.74) is 2.72. The van der Waals surface area contributed by atoms with Crippen LogP contribution in [0.5, 0.6) is 0 Å². The molecule has 2 heterocycles. The van der Waals surface area contributed by atoms with Gasteiger partial charge in [0.2, 0.25) is 0 Å². The van der Waals surface area contributed by atoms with Crippen molar-refractivity contribution in [2.75, 3.05) is 0 Å². The predicted octanol–water partition coefficient (Wildman–Crippen LogP) is 5.25. The second-order valence-electron chi connectivity index (χ2n) is 4.01. The van der Waals surface area contributed by atoms with E-state index in [2.05, 4.69) is 50.2 Å². The fraction of sp³-hybridized carbons (Fsp3) is 0.143. The maximum atomic E-state index is 2.32. The monoisotopic (exact) mass is 244 g/mol. The van der Waals surface area contributed by atoms with Gasteiger partial charge in [-0.25, -0.2) is 0 Å². The van der Waals surface area contributed by atoms with Crippen molar-refractivity contribution in [2.24, 2.45) is 0 Å². The van der Waals surface area contributed by atoms with Crippen LogP contribution in [0.2, 0.25) is 0 Å². The van der Waals surface area contributed by atoms with Crippen molar-refractivity contribution in [1.82, 2.24) is 0 Å². The highest BCUT2D eigenvalue weighted by Gasteiger charge is 2.07. The third-order valence-corrected chi connectivity index (χ3v) is 4.98. The van der Waals surface area contributed by atoms with Crippen molar-refractivity contribution in [3.63, 3.8) is 0 Å². The van der Waals surface area contributed by atoms with E-state index in [1.165, 1.54) is 30.3 Å². The van der Waals surface area contributed by atoms with Gasteiger partial charge in [-0.05, 0) is 37.1 Å². The summed E-state index contributed by atoms with van der Waals surface area (Å²) < 4.78 is 2.83. The molecule has 1 aromatic carbocycles. The molecule has 0 aliphatic heterocycles. The van der Waals surface area contributed by atoms with Crippen LogP contribution in [0.25, 0.3) is 19.8 Å². The van der Waals surface area contributed by atoms with Gasteiger partial charge in [-0.3, -0.25) is 0 Å². The molecule has 3 aromatic rings. The van der Waals surface area contributed by atoms with E-state index in [0.717, 1.165) is 0 Å². The molecule has 0 aliphatic rings. The molecule has 0 N–H and O–H groups in total. The van der Waals surface area contributed by atoms with Gasteiger partial charge in [0.1, 0.15) is 0 Å². The summed E-state index contributed by atoms with van der Waals surface area (Å²) in [5, 5.41) is 0. The lowest BCUT2D eigenvalue weighted by Gasteiger charge is -2.00. The molecule has 0 saturated carbocycles. The lowest BCUT2D eigenvalue weighted by molar-refractivity contribution is 1.48. The topological polar surface area (TPSA) is 0 Å². The fourth-order valence-electron chi connectivity index (χ4n) is 1.94. The van der Waals surface area contributed by atoms with Crippen molar-refractivity contribution in [1.29, 1.82) is 0 Å². The molecule has 0 unspecified atom stereocenters. The summed E-state index contributed by atoms with van der Waals surface area (Å²) >= 11 is 3.78. The van der Waals surface area contributed by atoms with Crippen LogP contribution in [0.3, 0.4) is 0 Å². The average molecular weight is 244 g/mol. The minimum Gasteiger partial charge on any atom is -0.140 e. The zero-order chi connectivity index (χ0) is 11.1. The summed E-state index contributed by atoms with van der Waals surface area (Å²) in [6.07, 6.45) is 0. The highest BCUT2D eigenvalue weighted by Crippen LogP contribution is 2.38. The Kier molecular flexibility index (Phi) is 2.34. The van der Waals surface area contributed by atoms with Crippen molar-refractivity contribution in [3.05, 3.63) is 46.8 Å². The molecular weight excluding hydrogens is 232 g/mol. The van der Waals surface area contributed by atoms with Gasteiger partial charge >= 0.3 is 0 Å². The maximum absolute atomic E-state index is 2.32. The van der Waals surface area contributed by atoms with Crippen LogP contribution < -0.4 is 0 Å². The van der Waals surface area contributed by atoms with Gasteiger partial charge in [0, 0.05) is 19.2 Å². The van der Waals surface area contributed by atoms with Gasteiger partial charge in [0.15, 0.2) is 0 Å². The number of benzene rings is 1. The fourth-order valence-corrected chi connectivity index (χ4v) is 4.35. The first-order valence-electron chi connectivity index (χ1n) is 5.30. The molecule has 0 aliphatic carbocycles. The molecule has 0 atom stereocenters. The standard InChI is InChI=1S/C14H12S2/c1-9-5-3-4-6-11(9)12-8-14-13(16-12)7-10(2)15-14/h3-8H,1-2H3. The average Bonchev–Trinajstić information content (AvgIpc) is 2.75. The van der Waals surface area contributed by atoms with E-state index in [1.54, 1.807) is 0 Å². The van der Waals surface area contributed by atoms with Crippen LogP contribution in [-0.4, -0.2) is 0 Å². The molecule has 0 saturated heterocycles. The van der Waals surface area contributed by atoms with Gasteiger partial charge in [0.25, 0.3) is 0 Å². The van der Waals surface area contributed by atoms with Crippen molar-refractivity contribution >= 4 is 32.1 Å². The molecule has 0 nitrogen and oxygen atoms in total. The Morgan fingerprint density at radius 1 is 0.875 bits per heavy atom. The highest BCUT2D eigenvalue weighted by atomic mass is 32.1. The van der Waals surface area contributed by atoms with E-state index in [1.807, 2.05) is 22.7 Å². The summed E-state index contributed by atoms with van der Waals surface area (Å²) in [5.74, 6) is 0. The Balaban J connectivity index is 2.19. The van der Waals surface area contributed by atoms with Crippen LogP contribution in [0, 0.1) is 13.8 Å². The van der Waals surface area contributed by atoms with Gasteiger partial charge < -0.3 is 0 Å². The van der Waals surface area contributed by atoms with E-state index >= 15 is 0 Å². The smallest absolute Gasteiger partial charge is 0.0459 e. The van der Waals surface area contributed by atoms with Gasteiger partial charge in [-0.1, -0.05) is 24.3 Å². The van der Waals surface area contributed by atoms with E-state index < -0.39 is 0 Å². The first-order chi connectivity index (χ1) is 7.74. The van der Waals surface area contributed by atoms with E-state index in [4.69, 9.17) is 0 Å².